The average Bonchev–Trinajstić information content (AvgIpc) is 4.09. The Morgan fingerprint density at radius 2 is 1.35 bits per heavy atom. The van der Waals surface area contributed by atoms with Gasteiger partial charge in [0, 0.05) is 110 Å². The van der Waals surface area contributed by atoms with Crippen molar-refractivity contribution in [2.75, 3.05) is 90.4 Å². The van der Waals surface area contributed by atoms with E-state index >= 15 is 0 Å². The first-order valence-corrected chi connectivity index (χ1v) is 23.7. The Morgan fingerprint density at radius 3 is 2.04 bits per heavy atom. The number of nitrogens with zero attached hydrogens (tertiary/aromatic N) is 10. The second-order valence-electron chi connectivity index (χ2n) is 18.9. The van der Waals surface area contributed by atoms with Crippen LogP contribution in [0.5, 0.6) is 0 Å². The molecule has 6 aromatic rings. The molecule has 0 radical (unpaired) electrons. The summed E-state index contributed by atoms with van der Waals surface area (Å²) in [6.45, 7) is 10.4. The molecule has 0 saturated carbocycles. The molecular formula is C50H60N14O4. The van der Waals surface area contributed by atoms with Gasteiger partial charge in [-0.15, -0.1) is 0 Å². The van der Waals surface area contributed by atoms with Crippen LogP contribution in [0.1, 0.15) is 71.9 Å². The maximum Gasteiger partial charge on any atom is 0.254 e. The van der Waals surface area contributed by atoms with Crippen LogP contribution >= 0.6 is 0 Å². The summed E-state index contributed by atoms with van der Waals surface area (Å²) in [7, 11) is 4.26. The molecule has 0 aliphatic carbocycles. The molecule has 2 amide bonds. The summed E-state index contributed by atoms with van der Waals surface area (Å²) in [5.74, 6) is 2.43. The smallest absolute Gasteiger partial charge is 0.254 e. The monoisotopic (exact) mass is 920 g/mol. The second kappa shape index (κ2) is 19.2. The van der Waals surface area contributed by atoms with Crippen molar-refractivity contribution >= 4 is 23.2 Å². The molecule has 4 aliphatic heterocycles. The van der Waals surface area contributed by atoms with E-state index in [0.29, 0.717) is 68.1 Å². The maximum absolute atomic E-state index is 14.9. The van der Waals surface area contributed by atoms with Crippen LogP contribution in [-0.2, 0) is 20.6 Å². The molecule has 4 aromatic heterocycles. The molecule has 2 unspecified atom stereocenters. The highest BCUT2D eigenvalue weighted by Gasteiger charge is 2.41. The molecular weight excluding hydrogens is 861 g/mol. The summed E-state index contributed by atoms with van der Waals surface area (Å²) in [5.41, 5.74) is 4.65. The summed E-state index contributed by atoms with van der Waals surface area (Å²) in [6.07, 6.45) is 9.95. The number of nitrogens with one attached hydrogen (secondary N) is 4. The highest BCUT2D eigenvalue weighted by Crippen LogP contribution is 2.40. The molecule has 68 heavy (non-hydrogen) atoms. The minimum absolute atomic E-state index is 0.000439. The molecule has 354 valence electrons. The number of aromatic amines is 2. The molecule has 18 nitrogen and oxygen atoms in total. The molecule has 10 rings (SSSR count). The SMILES string of the molecule is CC1CN(C(=O)c2cc(NC3(c4nc(-c5ccncc5)n[nH]4)CCN(C)CC3)ccc2-c2cnccc2-c2n[nH]c(C3(Nc4cccc(C(=O)N5CCOCC5C)c4)CCN(C)CC3)n2)CCO1. The minimum atomic E-state index is -0.604. The summed E-state index contributed by atoms with van der Waals surface area (Å²) in [5, 5.41) is 23.8. The van der Waals surface area contributed by atoms with Crippen LogP contribution in [0.3, 0.4) is 0 Å². The van der Waals surface area contributed by atoms with E-state index in [1.807, 2.05) is 84.3 Å². The predicted octanol–water partition coefficient (Wildman–Crippen LogP) is 5.50. The third-order valence-electron chi connectivity index (χ3n) is 14.1. The van der Waals surface area contributed by atoms with Crippen molar-refractivity contribution in [2.45, 2.75) is 62.8 Å². The van der Waals surface area contributed by atoms with Crippen molar-refractivity contribution in [1.82, 2.24) is 59.9 Å². The van der Waals surface area contributed by atoms with Gasteiger partial charge in [-0.05, 0) is 108 Å². The van der Waals surface area contributed by atoms with E-state index in [9.17, 15) is 9.59 Å². The molecule has 4 fully saturated rings. The van der Waals surface area contributed by atoms with E-state index in [4.69, 9.17) is 24.5 Å². The van der Waals surface area contributed by atoms with E-state index in [1.54, 1.807) is 24.8 Å². The lowest BCUT2D eigenvalue weighted by Crippen LogP contribution is -2.47. The zero-order chi connectivity index (χ0) is 46.8. The first kappa shape index (κ1) is 45.2. The zero-order valence-corrected chi connectivity index (χ0v) is 39.2. The third-order valence-corrected chi connectivity index (χ3v) is 14.1. The van der Waals surface area contributed by atoms with E-state index < -0.39 is 11.1 Å². The lowest BCUT2D eigenvalue weighted by Gasteiger charge is -2.40. The van der Waals surface area contributed by atoms with Gasteiger partial charge in [-0.1, -0.05) is 12.1 Å². The highest BCUT2D eigenvalue weighted by molar-refractivity contribution is 6.03. The molecule has 0 bridgehead atoms. The van der Waals surface area contributed by atoms with Crippen molar-refractivity contribution in [2.24, 2.45) is 0 Å². The molecule has 2 aromatic carbocycles. The molecule has 0 spiro atoms. The lowest BCUT2D eigenvalue weighted by atomic mass is 9.86. The lowest BCUT2D eigenvalue weighted by molar-refractivity contribution is -0.0123. The Labute approximate surface area is 396 Å². The number of morpholine rings is 2. The number of benzene rings is 2. The molecule has 4 N–H and O–H groups in total. The van der Waals surface area contributed by atoms with E-state index in [1.165, 1.54) is 0 Å². The number of carbonyl (C=O) groups is 2. The Morgan fingerprint density at radius 1 is 0.691 bits per heavy atom. The van der Waals surface area contributed by atoms with Gasteiger partial charge in [-0.25, -0.2) is 9.97 Å². The zero-order valence-electron chi connectivity index (χ0n) is 39.2. The maximum atomic E-state index is 14.9. The van der Waals surface area contributed by atoms with Gasteiger partial charge >= 0.3 is 0 Å². The van der Waals surface area contributed by atoms with Gasteiger partial charge in [-0.2, -0.15) is 10.2 Å². The number of pyridine rings is 2. The fraction of sp³-hybridized carbons (Fsp3) is 0.440. The molecule has 8 heterocycles. The number of H-pyrrole nitrogens is 2. The quantitative estimate of drug-likeness (QED) is 0.127. The second-order valence-corrected chi connectivity index (χ2v) is 18.9. The largest absolute Gasteiger partial charge is 0.377 e. The number of amides is 2. The van der Waals surface area contributed by atoms with Crippen LogP contribution < -0.4 is 10.6 Å². The van der Waals surface area contributed by atoms with Crippen molar-refractivity contribution in [3.05, 3.63) is 108 Å². The Bertz CT molecular complexity index is 2730. The van der Waals surface area contributed by atoms with Crippen molar-refractivity contribution in [1.29, 1.82) is 0 Å². The fourth-order valence-corrected chi connectivity index (χ4v) is 10.0. The van der Waals surface area contributed by atoms with Crippen LogP contribution in [0, 0.1) is 0 Å². The molecule has 2 atom stereocenters. The Balaban J connectivity index is 0.995. The summed E-state index contributed by atoms with van der Waals surface area (Å²) in [6, 6.07) is 19.5. The standard InChI is InChI=1S/C50H60N14O4/c1-33-32-67-26-25-64(33)45(65)36-6-5-7-37(28-36)55-50(15-22-62(4)23-16-50)48-54-44(58-60-48)40-12-19-52-30-42(40)39-9-8-38(29-41(39)46(66)63-24-27-68-34(2)31-63)56-49(13-20-61(3)21-14-49)47-53-43(57-59-47)35-10-17-51-18-11-35/h5-12,17-19,28-30,33-34,55-56H,13-16,20-27,31-32H2,1-4H3,(H,53,57,59)(H,54,58,60). The molecule has 4 saturated heterocycles. The van der Waals surface area contributed by atoms with Gasteiger partial charge in [0.05, 0.1) is 43.0 Å². The van der Waals surface area contributed by atoms with Gasteiger partial charge in [-0.3, -0.25) is 29.8 Å². The number of hydrogen-bond donors (Lipinski definition) is 4. The summed E-state index contributed by atoms with van der Waals surface area (Å²) in [4.78, 5) is 56.1. The first-order valence-electron chi connectivity index (χ1n) is 23.7. The summed E-state index contributed by atoms with van der Waals surface area (Å²) < 4.78 is 11.5. The van der Waals surface area contributed by atoms with Crippen LogP contribution in [0.25, 0.3) is 33.9 Å². The first-order chi connectivity index (χ1) is 33.1. The van der Waals surface area contributed by atoms with Gasteiger partial charge in [0.15, 0.2) is 23.3 Å². The van der Waals surface area contributed by atoms with Gasteiger partial charge in [0.1, 0.15) is 0 Å². The number of hydrogen-bond acceptors (Lipinski definition) is 14. The normalized spacial score (nSPS) is 21.1. The van der Waals surface area contributed by atoms with Crippen LogP contribution in [0.15, 0.2) is 85.5 Å². The van der Waals surface area contributed by atoms with Crippen molar-refractivity contribution in [3.63, 3.8) is 0 Å². The predicted molar refractivity (Wildman–Crippen MR) is 258 cm³/mol. The number of ether oxygens (including phenoxy) is 2. The van der Waals surface area contributed by atoms with Crippen LogP contribution in [-0.4, -0.2) is 164 Å². The Hall–Kier alpha value is -6.60. The van der Waals surface area contributed by atoms with Crippen LogP contribution in [0.2, 0.25) is 0 Å². The van der Waals surface area contributed by atoms with Crippen LogP contribution in [0.4, 0.5) is 11.4 Å². The number of rotatable bonds is 11. The summed E-state index contributed by atoms with van der Waals surface area (Å²) >= 11 is 0. The van der Waals surface area contributed by atoms with Gasteiger partial charge in [0.2, 0.25) is 0 Å². The number of carbonyl (C=O) groups excluding carboxylic acids is 2. The number of anilines is 2. The van der Waals surface area contributed by atoms with E-state index in [2.05, 4.69) is 59.8 Å². The molecule has 18 heteroatoms. The van der Waals surface area contributed by atoms with Gasteiger partial charge < -0.3 is 39.7 Å². The highest BCUT2D eigenvalue weighted by atomic mass is 16.5. The number of likely N-dealkylation sites (tertiary alicyclic amines) is 2. The van der Waals surface area contributed by atoms with Gasteiger partial charge in [0.25, 0.3) is 11.8 Å². The third kappa shape index (κ3) is 9.20. The topological polar surface area (TPSA) is 199 Å². The van der Waals surface area contributed by atoms with Crippen molar-refractivity contribution in [3.8, 4) is 33.9 Å². The Kier molecular flexibility index (Phi) is 12.8. The fourth-order valence-electron chi connectivity index (χ4n) is 10.0. The average molecular weight is 921 g/mol. The number of piperidine rings is 2. The van der Waals surface area contributed by atoms with E-state index in [-0.39, 0.29) is 24.0 Å². The van der Waals surface area contributed by atoms with Crippen molar-refractivity contribution < 1.29 is 19.1 Å². The number of aromatic nitrogens is 8. The van der Waals surface area contributed by atoms with E-state index in [0.717, 1.165) is 91.3 Å². The molecule has 4 aliphatic rings. The minimum Gasteiger partial charge on any atom is -0.377 e.